The smallest absolute Gasteiger partial charge is 0.202 e. The Balaban J connectivity index is 2.57. The van der Waals surface area contributed by atoms with Crippen molar-refractivity contribution < 1.29 is 0 Å². The van der Waals surface area contributed by atoms with Crippen LogP contribution in [0.3, 0.4) is 0 Å². The molecule has 5 nitrogen and oxygen atoms in total. The fourth-order valence-corrected chi connectivity index (χ4v) is 2.19. The third-order valence-corrected chi connectivity index (χ3v) is 3.70. The predicted octanol–water partition coefficient (Wildman–Crippen LogP) is 2.35. The summed E-state index contributed by atoms with van der Waals surface area (Å²) < 4.78 is 3.98. The number of fused-ring (bicyclic) bond motifs is 1. The first-order valence-corrected chi connectivity index (χ1v) is 6.57. The van der Waals surface area contributed by atoms with Crippen LogP contribution in [0, 0.1) is 5.41 Å². The highest BCUT2D eigenvalue weighted by Gasteiger charge is 2.22. The molecular formula is C13H23N5. The Morgan fingerprint density at radius 1 is 1.28 bits per heavy atom. The van der Waals surface area contributed by atoms with Crippen molar-refractivity contribution in [3.63, 3.8) is 0 Å². The second-order valence-electron chi connectivity index (χ2n) is 5.67. The molecule has 0 radical (unpaired) electrons. The zero-order chi connectivity index (χ0) is 13.5. The first-order valence-electron chi connectivity index (χ1n) is 6.57. The zero-order valence-corrected chi connectivity index (χ0v) is 12.0. The number of nitrogen functional groups attached to an aromatic ring is 1. The maximum absolute atomic E-state index is 6.06. The Hall–Kier alpha value is -1.52. The van der Waals surface area contributed by atoms with E-state index in [1.165, 1.54) is 0 Å². The average Bonchev–Trinajstić information content (AvgIpc) is 2.78. The molecule has 2 rings (SSSR count). The van der Waals surface area contributed by atoms with Crippen molar-refractivity contribution in [1.82, 2.24) is 19.3 Å². The first kappa shape index (κ1) is 12.9. The first-order chi connectivity index (χ1) is 8.39. The lowest BCUT2D eigenvalue weighted by Gasteiger charge is -2.23. The van der Waals surface area contributed by atoms with Crippen LogP contribution in [0.2, 0.25) is 0 Å². The summed E-state index contributed by atoms with van der Waals surface area (Å²) in [6.45, 7) is 9.65. The molecule has 0 aliphatic carbocycles. The van der Waals surface area contributed by atoms with Gasteiger partial charge in [0.05, 0.1) is 5.69 Å². The number of hydrogen-bond acceptors (Lipinski definition) is 3. The van der Waals surface area contributed by atoms with Crippen LogP contribution in [0.1, 0.15) is 39.8 Å². The van der Waals surface area contributed by atoms with Crippen molar-refractivity contribution in [2.24, 2.45) is 12.5 Å². The van der Waals surface area contributed by atoms with E-state index in [0.29, 0.717) is 5.95 Å². The van der Waals surface area contributed by atoms with Gasteiger partial charge in [0.1, 0.15) is 5.52 Å². The summed E-state index contributed by atoms with van der Waals surface area (Å²) in [6, 6.07) is 0. The van der Waals surface area contributed by atoms with Gasteiger partial charge < -0.3 is 5.73 Å². The molecule has 2 N–H and O–H groups in total. The number of nitrogens with zero attached hydrogens (tertiary/aromatic N) is 4. The average molecular weight is 249 g/mol. The maximum atomic E-state index is 6.06. The van der Waals surface area contributed by atoms with Crippen LogP contribution in [0.4, 0.5) is 5.95 Å². The Bertz CT molecular complexity index is 561. The van der Waals surface area contributed by atoms with Crippen LogP contribution in [-0.2, 0) is 20.0 Å². The minimum atomic E-state index is 0.207. The number of imidazole rings is 1. The predicted molar refractivity (Wildman–Crippen MR) is 74.4 cm³/mol. The highest BCUT2D eigenvalue weighted by molar-refractivity contribution is 5.77. The van der Waals surface area contributed by atoms with Gasteiger partial charge in [-0.1, -0.05) is 27.7 Å². The lowest BCUT2D eigenvalue weighted by molar-refractivity contribution is 0.298. The molecule has 0 spiro atoms. The van der Waals surface area contributed by atoms with E-state index in [-0.39, 0.29) is 5.41 Å². The molecule has 0 aromatic carbocycles. The summed E-state index contributed by atoms with van der Waals surface area (Å²) in [7, 11) is 1.96. The number of aromatic nitrogens is 4. The van der Waals surface area contributed by atoms with Crippen molar-refractivity contribution in [2.75, 3.05) is 5.73 Å². The molecule has 0 saturated heterocycles. The van der Waals surface area contributed by atoms with Crippen LogP contribution < -0.4 is 5.73 Å². The van der Waals surface area contributed by atoms with E-state index in [1.54, 1.807) is 0 Å². The standard InChI is InChI=1S/C13H23N5/c1-6-9-10-11(17(5)16-9)18(12(14)15-10)8-13(3,4)7-2/h6-8H2,1-5H3,(H2,14,15). The molecule has 0 fully saturated rings. The molecule has 0 unspecified atom stereocenters. The quantitative estimate of drug-likeness (QED) is 0.904. The Kier molecular flexibility index (Phi) is 3.09. The topological polar surface area (TPSA) is 61.7 Å². The van der Waals surface area contributed by atoms with E-state index in [1.807, 2.05) is 11.7 Å². The summed E-state index contributed by atoms with van der Waals surface area (Å²) in [5, 5.41) is 4.50. The molecule has 0 bridgehead atoms. The third kappa shape index (κ3) is 1.98. The maximum Gasteiger partial charge on any atom is 0.202 e. The molecule has 0 saturated carbocycles. The molecule has 100 valence electrons. The normalized spacial score (nSPS) is 12.5. The van der Waals surface area contributed by atoms with E-state index in [9.17, 15) is 0 Å². The van der Waals surface area contributed by atoms with Gasteiger partial charge >= 0.3 is 0 Å². The Morgan fingerprint density at radius 3 is 2.50 bits per heavy atom. The van der Waals surface area contributed by atoms with Crippen LogP contribution in [0.5, 0.6) is 0 Å². The van der Waals surface area contributed by atoms with Crippen molar-refractivity contribution >= 4 is 17.1 Å². The van der Waals surface area contributed by atoms with Gasteiger partial charge in [-0.15, -0.1) is 0 Å². The van der Waals surface area contributed by atoms with Gasteiger partial charge in [0, 0.05) is 13.6 Å². The summed E-state index contributed by atoms with van der Waals surface area (Å²) in [6.07, 6.45) is 1.98. The van der Waals surface area contributed by atoms with Crippen molar-refractivity contribution in [3.8, 4) is 0 Å². The fraction of sp³-hybridized carbons (Fsp3) is 0.692. The van der Waals surface area contributed by atoms with E-state index >= 15 is 0 Å². The van der Waals surface area contributed by atoms with Gasteiger partial charge in [-0.25, -0.2) is 4.98 Å². The molecule has 0 amide bonds. The molecule has 5 heteroatoms. The molecular weight excluding hydrogens is 226 g/mol. The molecule has 0 aliphatic rings. The third-order valence-electron chi connectivity index (χ3n) is 3.70. The molecule has 2 aromatic rings. The highest BCUT2D eigenvalue weighted by atomic mass is 15.3. The van der Waals surface area contributed by atoms with Gasteiger partial charge in [-0.2, -0.15) is 5.10 Å². The highest BCUT2D eigenvalue weighted by Crippen LogP contribution is 2.28. The number of aryl methyl sites for hydroxylation is 2. The lowest BCUT2D eigenvalue weighted by Crippen LogP contribution is -2.20. The van der Waals surface area contributed by atoms with Crippen molar-refractivity contribution in [1.29, 1.82) is 0 Å². The lowest BCUT2D eigenvalue weighted by atomic mass is 9.90. The van der Waals surface area contributed by atoms with Crippen molar-refractivity contribution in [2.45, 2.75) is 47.1 Å². The van der Waals surface area contributed by atoms with Gasteiger partial charge in [0.25, 0.3) is 0 Å². The van der Waals surface area contributed by atoms with Crippen molar-refractivity contribution in [3.05, 3.63) is 5.69 Å². The summed E-state index contributed by atoms with van der Waals surface area (Å²) in [4.78, 5) is 4.48. The van der Waals surface area contributed by atoms with Gasteiger partial charge in [0.15, 0.2) is 5.65 Å². The minimum absolute atomic E-state index is 0.207. The Morgan fingerprint density at radius 2 is 1.94 bits per heavy atom. The number of rotatable bonds is 4. The fourth-order valence-electron chi connectivity index (χ4n) is 2.19. The van der Waals surface area contributed by atoms with E-state index in [0.717, 1.165) is 36.2 Å². The van der Waals surface area contributed by atoms with Crippen LogP contribution in [0.25, 0.3) is 11.2 Å². The van der Waals surface area contributed by atoms with E-state index in [4.69, 9.17) is 5.73 Å². The summed E-state index contributed by atoms with van der Waals surface area (Å²) >= 11 is 0. The molecule has 18 heavy (non-hydrogen) atoms. The van der Waals surface area contributed by atoms with Gasteiger partial charge in [-0.3, -0.25) is 9.25 Å². The molecule has 2 aromatic heterocycles. The molecule has 0 aliphatic heterocycles. The monoisotopic (exact) mass is 249 g/mol. The van der Waals surface area contributed by atoms with Crippen LogP contribution in [-0.4, -0.2) is 19.3 Å². The minimum Gasteiger partial charge on any atom is -0.369 e. The van der Waals surface area contributed by atoms with E-state index in [2.05, 4.69) is 42.3 Å². The number of hydrogen-bond donors (Lipinski definition) is 1. The SMILES string of the molecule is CCc1nn(C)c2c1nc(N)n2CC(C)(C)CC. The number of nitrogens with two attached hydrogens (primary N) is 1. The largest absolute Gasteiger partial charge is 0.369 e. The Labute approximate surface area is 108 Å². The number of anilines is 1. The molecule has 2 heterocycles. The van der Waals surface area contributed by atoms with Crippen LogP contribution in [0.15, 0.2) is 0 Å². The molecule has 0 atom stereocenters. The van der Waals surface area contributed by atoms with E-state index < -0.39 is 0 Å². The zero-order valence-electron chi connectivity index (χ0n) is 12.0. The summed E-state index contributed by atoms with van der Waals surface area (Å²) in [5.74, 6) is 0.592. The summed E-state index contributed by atoms with van der Waals surface area (Å²) in [5.41, 5.74) is 9.27. The van der Waals surface area contributed by atoms with Gasteiger partial charge in [-0.05, 0) is 18.3 Å². The second-order valence-corrected chi connectivity index (χ2v) is 5.67. The second kappa shape index (κ2) is 4.30. The van der Waals surface area contributed by atoms with Gasteiger partial charge in [0.2, 0.25) is 5.95 Å². The van der Waals surface area contributed by atoms with Crippen LogP contribution >= 0.6 is 0 Å².